The van der Waals surface area contributed by atoms with Gasteiger partial charge >= 0.3 is 0 Å². The second kappa shape index (κ2) is 9.87. The van der Waals surface area contributed by atoms with Gasteiger partial charge in [0.05, 0.1) is 19.2 Å². The van der Waals surface area contributed by atoms with Crippen LogP contribution in [-0.2, 0) is 4.79 Å². The van der Waals surface area contributed by atoms with Crippen molar-refractivity contribution in [2.45, 2.75) is 13.0 Å². The number of halogens is 1. The Morgan fingerprint density at radius 3 is 2.22 bits per heavy atom. The Bertz CT molecular complexity index is 588. The Kier molecular flexibility index (Phi) is 8.16. The standard InChI is InChI=1S/C18H22N2O2.ClH/c1-3-22-16-11-9-15(10-12-16)18(20-17(21)13-19-2)14-7-5-4-6-8-14;/h4-12,18-19H,3,13H2,1-2H3,(H,20,21);1H. The normalized spacial score (nSPS) is 11.2. The van der Waals surface area contributed by atoms with E-state index in [2.05, 4.69) is 10.6 Å². The molecule has 2 aromatic carbocycles. The molecule has 0 saturated heterocycles. The molecular formula is C18H23ClN2O2. The second-order valence-electron chi connectivity index (χ2n) is 4.94. The molecule has 2 N–H and O–H groups in total. The number of ether oxygens (including phenoxy) is 1. The summed E-state index contributed by atoms with van der Waals surface area (Å²) in [7, 11) is 1.76. The molecule has 0 saturated carbocycles. The van der Waals surface area contributed by atoms with Crippen LogP contribution in [0, 0.1) is 0 Å². The number of hydrogen-bond acceptors (Lipinski definition) is 3. The number of likely N-dealkylation sites (N-methyl/N-ethyl adjacent to an activating group) is 1. The first-order valence-electron chi connectivity index (χ1n) is 7.46. The molecule has 0 fully saturated rings. The molecule has 0 heterocycles. The van der Waals surface area contributed by atoms with Crippen molar-refractivity contribution >= 4 is 18.3 Å². The summed E-state index contributed by atoms with van der Waals surface area (Å²) in [6, 6.07) is 17.6. The molecule has 0 spiro atoms. The third-order valence-corrected chi connectivity index (χ3v) is 3.30. The zero-order valence-electron chi connectivity index (χ0n) is 13.4. The number of benzene rings is 2. The Labute approximate surface area is 143 Å². The van der Waals surface area contributed by atoms with Gasteiger partial charge in [0.15, 0.2) is 0 Å². The first-order valence-corrected chi connectivity index (χ1v) is 7.46. The minimum absolute atomic E-state index is 0. The van der Waals surface area contributed by atoms with Gasteiger partial charge in [-0.3, -0.25) is 4.79 Å². The van der Waals surface area contributed by atoms with E-state index in [1.165, 1.54) is 0 Å². The molecule has 23 heavy (non-hydrogen) atoms. The highest BCUT2D eigenvalue weighted by Gasteiger charge is 2.16. The fourth-order valence-electron chi connectivity index (χ4n) is 2.30. The minimum Gasteiger partial charge on any atom is -0.494 e. The van der Waals surface area contributed by atoms with Crippen molar-refractivity contribution in [2.75, 3.05) is 20.2 Å². The predicted octanol–water partition coefficient (Wildman–Crippen LogP) is 2.93. The molecule has 0 aliphatic heterocycles. The van der Waals surface area contributed by atoms with Crippen LogP contribution in [0.3, 0.4) is 0 Å². The lowest BCUT2D eigenvalue weighted by Gasteiger charge is -2.20. The molecular weight excluding hydrogens is 312 g/mol. The van der Waals surface area contributed by atoms with E-state index in [4.69, 9.17) is 4.74 Å². The van der Waals surface area contributed by atoms with Gasteiger partial charge in [0.1, 0.15) is 5.75 Å². The molecule has 0 aliphatic carbocycles. The van der Waals surface area contributed by atoms with E-state index in [0.29, 0.717) is 13.2 Å². The minimum atomic E-state index is -0.169. The van der Waals surface area contributed by atoms with Crippen LogP contribution in [0.4, 0.5) is 0 Å². The summed E-state index contributed by atoms with van der Waals surface area (Å²) < 4.78 is 5.47. The van der Waals surface area contributed by atoms with Gasteiger partial charge in [-0.25, -0.2) is 0 Å². The van der Waals surface area contributed by atoms with Gasteiger partial charge in [-0.1, -0.05) is 42.5 Å². The molecule has 1 amide bonds. The van der Waals surface area contributed by atoms with Crippen LogP contribution in [-0.4, -0.2) is 26.1 Å². The zero-order chi connectivity index (χ0) is 15.8. The molecule has 1 unspecified atom stereocenters. The summed E-state index contributed by atoms with van der Waals surface area (Å²) >= 11 is 0. The highest BCUT2D eigenvalue weighted by molar-refractivity contribution is 5.85. The molecule has 4 nitrogen and oxygen atoms in total. The van der Waals surface area contributed by atoms with Crippen molar-refractivity contribution in [3.8, 4) is 5.75 Å². The van der Waals surface area contributed by atoms with Crippen molar-refractivity contribution in [3.63, 3.8) is 0 Å². The molecule has 2 aromatic rings. The average Bonchev–Trinajstić information content (AvgIpc) is 2.55. The third-order valence-electron chi connectivity index (χ3n) is 3.30. The van der Waals surface area contributed by atoms with Crippen LogP contribution in [0.1, 0.15) is 24.1 Å². The van der Waals surface area contributed by atoms with Gasteiger partial charge in [0.2, 0.25) is 5.91 Å². The van der Waals surface area contributed by atoms with E-state index in [1.54, 1.807) is 7.05 Å². The molecule has 124 valence electrons. The highest BCUT2D eigenvalue weighted by atomic mass is 35.5. The summed E-state index contributed by atoms with van der Waals surface area (Å²) in [6.45, 7) is 2.89. The Morgan fingerprint density at radius 2 is 1.65 bits per heavy atom. The summed E-state index contributed by atoms with van der Waals surface area (Å²) in [5, 5.41) is 5.93. The van der Waals surface area contributed by atoms with Crippen LogP contribution < -0.4 is 15.4 Å². The van der Waals surface area contributed by atoms with Crippen LogP contribution in [0.5, 0.6) is 5.75 Å². The molecule has 2 rings (SSSR count). The Morgan fingerprint density at radius 1 is 1.04 bits per heavy atom. The number of rotatable bonds is 7. The largest absolute Gasteiger partial charge is 0.494 e. The molecule has 0 radical (unpaired) electrons. The predicted molar refractivity (Wildman–Crippen MR) is 95.2 cm³/mol. The first-order chi connectivity index (χ1) is 10.7. The van der Waals surface area contributed by atoms with Gasteiger partial charge in [-0.05, 0) is 37.2 Å². The lowest BCUT2D eigenvalue weighted by atomic mass is 9.98. The van der Waals surface area contributed by atoms with Crippen molar-refractivity contribution in [2.24, 2.45) is 0 Å². The van der Waals surface area contributed by atoms with Gasteiger partial charge in [0.25, 0.3) is 0 Å². The first kappa shape index (κ1) is 19.0. The maximum Gasteiger partial charge on any atom is 0.234 e. The maximum atomic E-state index is 12.0. The van der Waals surface area contributed by atoms with Crippen LogP contribution >= 0.6 is 12.4 Å². The lowest BCUT2D eigenvalue weighted by molar-refractivity contribution is -0.120. The van der Waals surface area contributed by atoms with Crippen LogP contribution in [0.15, 0.2) is 54.6 Å². The Balaban J connectivity index is 0.00000264. The van der Waals surface area contributed by atoms with E-state index < -0.39 is 0 Å². The number of nitrogens with one attached hydrogen (secondary N) is 2. The SMILES string of the molecule is CCOc1ccc(C(NC(=O)CNC)c2ccccc2)cc1.Cl. The smallest absolute Gasteiger partial charge is 0.234 e. The van der Waals surface area contributed by atoms with E-state index in [1.807, 2.05) is 61.5 Å². The van der Waals surface area contributed by atoms with Crippen LogP contribution in [0.2, 0.25) is 0 Å². The van der Waals surface area contributed by atoms with Crippen LogP contribution in [0.25, 0.3) is 0 Å². The molecule has 0 aromatic heterocycles. The summed E-state index contributed by atoms with van der Waals surface area (Å²) in [5.41, 5.74) is 2.08. The fourth-order valence-corrected chi connectivity index (χ4v) is 2.30. The van der Waals surface area contributed by atoms with Gasteiger partial charge < -0.3 is 15.4 Å². The van der Waals surface area contributed by atoms with E-state index in [0.717, 1.165) is 16.9 Å². The van der Waals surface area contributed by atoms with Crippen molar-refractivity contribution < 1.29 is 9.53 Å². The lowest BCUT2D eigenvalue weighted by Crippen LogP contribution is -2.35. The van der Waals surface area contributed by atoms with E-state index in [9.17, 15) is 4.79 Å². The average molecular weight is 335 g/mol. The number of hydrogen-bond donors (Lipinski definition) is 2. The highest BCUT2D eigenvalue weighted by Crippen LogP contribution is 2.24. The topological polar surface area (TPSA) is 50.4 Å². The summed E-state index contributed by atoms with van der Waals surface area (Å²) in [5.74, 6) is 0.796. The third kappa shape index (κ3) is 5.58. The van der Waals surface area contributed by atoms with Gasteiger partial charge in [-0.15, -0.1) is 12.4 Å². The van der Waals surface area contributed by atoms with Crippen molar-refractivity contribution in [3.05, 3.63) is 65.7 Å². The van der Waals surface area contributed by atoms with E-state index >= 15 is 0 Å². The quantitative estimate of drug-likeness (QED) is 0.818. The number of carbonyl (C=O) groups excluding carboxylic acids is 1. The Hall–Kier alpha value is -2.04. The fraction of sp³-hybridized carbons (Fsp3) is 0.278. The van der Waals surface area contributed by atoms with Crippen molar-refractivity contribution in [1.29, 1.82) is 0 Å². The maximum absolute atomic E-state index is 12.0. The van der Waals surface area contributed by atoms with Crippen molar-refractivity contribution in [1.82, 2.24) is 10.6 Å². The van der Waals surface area contributed by atoms with Gasteiger partial charge in [-0.2, -0.15) is 0 Å². The zero-order valence-corrected chi connectivity index (χ0v) is 14.2. The molecule has 0 bridgehead atoms. The number of amides is 1. The van der Waals surface area contributed by atoms with Gasteiger partial charge in [0, 0.05) is 0 Å². The molecule has 1 atom stereocenters. The second-order valence-corrected chi connectivity index (χ2v) is 4.94. The summed E-state index contributed by atoms with van der Waals surface area (Å²) in [6.07, 6.45) is 0. The monoisotopic (exact) mass is 334 g/mol. The van der Waals surface area contributed by atoms with E-state index in [-0.39, 0.29) is 24.4 Å². The molecule has 0 aliphatic rings. The molecule has 5 heteroatoms. The number of carbonyl (C=O) groups is 1. The summed E-state index contributed by atoms with van der Waals surface area (Å²) in [4.78, 5) is 12.0.